The van der Waals surface area contributed by atoms with E-state index in [1.165, 1.54) is 5.56 Å². The Morgan fingerprint density at radius 1 is 0.659 bits per heavy atom. The second kappa shape index (κ2) is 11.7. The molecule has 0 saturated heterocycles. The van der Waals surface area contributed by atoms with E-state index < -0.39 is 5.97 Å². The van der Waals surface area contributed by atoms with Crippen molar-refractivity contribution in [3.05, 3.63) is 168 Å². The predicted molar refractivity (Wildman–Crippen MR) is 163 cm³/mol. The molecule has 0 spiro atoms. The van der Waals surface area contributed by atoms with Gasteiger partial charge in [0.05, 0.1) is 11.8 Å². The van der Waals surface area contributed by atoms with E-state index in [1.807, 2.05) is 103 Å². The van der Waals surface area contributed by atoms with Gasteiger partial charge in [0.25, 0.3) is 0 Å². The van der Waals surface area contributed by atoms with Gasteiger partial charge in [-0.15, -0.1) is 0 Å². The van der Waals surface area contributed by atoms with Crippen LogP contribution < -0.4 is 0 Å². The van der Waals surface area contributed by atoms with Crippen LogP contribution in [0.2, 0.25) is 0 Å². The van der Waals surface area contributed by atoms with Gasteiger partial charge in [0.2, 0.25) is 0 Å². The summed E-state index contributed by atoms with van der Waals surface area (Å²) in [4.78, 5) is 13.1. The van der Waals surface area contributed by atoms with Crippen LogP contribution in [-0.2, 0) is 11.2 Å². The lowest BCUT2D eigenvalue weighted by molar-refractivity contribution is -0.130. The Morgan fingerprint density at radius 3 is 1.88 bits per heavy atom. The first-order valence-electron chi connectivity index (χ1n) is 13.4. The molecule has 0 bridgehead atoms. The summed E-state index contributed by atoms with van der Waals surface area (Å²) in [5.74, 6) is -1.04. The summed E-state index contributed by atoms with van der Waals surface area (Å²) in [6.07, 6.45) is 2.34. The number of nitrogens with zero attached hydrogens (tertiary/aromatic N) is 2. The molecule has 6 aromatic rings. The molecule has 0 aliphatic rings. The van der Waals surface area contributed by atoms with Crippen molar-refractivity contribution in [2.75, 3.05) is 0 Å². The molecule has 0 aliphatic carbocycles. The van der Waals surface area contributed by atoms with Crippen molar-refractivity contribution < 1.29 is 9.90 Å². The number of carbonyl (C=O) groups is 1. The van der Waals surface area contributed by atoms with Gasteiger partial charge in [-0.25, -0.2) is 4.79 Å². The Bertz CT molecular complexity index is 1790. The van der Waals surface area contributed by atoms with Crippen LogP contribution in [0.1, 0.15) is 27.9 Å². The third-order valence-corrected chi connectivity index (χ3v) is 7.11. The second-order valence-electron chi connectivity index (χ2n) is 9.73. The SMILES string of the molecule is O=C(O)C(=C(c1cn[nH]n1)c1cccc(-c2ccccc2)c1-c1ccccc1)c1ccc(Cc2ccccc2)cc1. The van der Waals surface area contributed by atoms with Gasteiger partial charge in [0.1, 0.15) is 5.69 Å². The highest BCUT2D eigenvalue weighted by molar-refractivity contribution is 6.26. The zero-order valence-corrected chi connectivity index (χ0v) is 22.2. The van der Waals surface area contributed by atoms with E-state index >= 15 is 0 Å². The molecule has 1 aromatic heterocycles. The molecule has 1 heterocycles. The van der Waals surface area contributed by atoms with Crippen LogP contribution in [0, 0.1) is 0 Å². The summed E-state index contributed by atoms with van der Waals surface area (Å²) in [7, 11) is 0. The smallest absolute Gasteiger partial charge is 0.337 e. The van der Waals surface area contributed by atoms with E-state index in [2.05, 4.69) is 45.7 Å². The number of nitrogens with one attached hydrogen (secondary N) is 1. The monoisotopic (exact) mass is 533 g/mol. The Hall–Kier alpha value is -5.55. The Kier molecular flexibility index (Phi) is 7.32. The summed E-state index contributed by atoms with van der Waals surface area (Å²) in [5, 5.41) is 21.8. The van der Waals surface area contributed by atoms with E-state index in [9.17, 15) is 9.90 Å². The van der Waals surface area contributed by atoms with Gasteiger partial charge < -0.3 is 5.11 Å². The van der Waals surface area contributed by atoms with Crippen LogP contribution in [0.5, 0.6) is 0 Å². The van der Waals surface area contributed by atoms with Crippen LogP contribution in [0.4, 0.5) is 0 Å². The highest BCUT2D eigenvalue weighted by atomic mass is 16.4. The summed E-state index contributed by atoms with van der Waals surface area (Å²) in [6.45, 7) is 0. The molecule has 0 aliphatic heterocycles. The van der Waals surface area contributed by atoms with E-state index in [-0.39, 0.29) is 5.57 Å². The summed E-state index contributed by atoms with van der Waals surface area (Å²) in [5.41, 5.74) is 8.71. The van der Waals surface area contributed by atoms with E-state index in [4.69, 9.17) is 0 Å². The molecule has 0 saturated carbocycles. The molecule has 5 heteroatoms. The molecule has 0 atom stereocenters. The number of H-pyrrole nitrogens is 1. The first kappa shape index (κ1) is 25.7. The predicted octanol–water partition coefficient (Wildman–Crippen LogP) is 7.77. The summed E-state index contributed by atoms with van der Waals surface area (Å²) < 4.78 is 0. The van der Waals surface area contributed by atoms with Crippen LogP contribution in [0.15, 0.2) is 140 Å². The van der Waals surface area contributed by atoms with Crippen molar-refractivity contribution in [3.8, 4) is 22.3 Å². The number of benzene rings is 5. The van der Waals surface area contributed by atoms with Gasteiger partial charge in [0, 0.05) is 5.57 Å². The van der Waals surface area contributed by atoms with Crippen LogP contribution in [0.25, 0.3) is 33.4 Å². The number of carboxylic acids is 1. The molecule has 5 aromatic carbocycles. The zero-order valence-electron chi connectivity index (χ0n) is 22.2. The average Bonchev–Trinajstić information content (AvgIpc) is 3.56. The Labute approximate surface area is 238 Å². The van der Waals surface area contributed by atoms with Gasteiger partial charge >= 0.3 is 5.97 Å². The maximum Gasteiger partial charge on any atom is 0.337 e. The number of hydrogen-bond donors (Lipinski definition) is 2. The lowest BCUT2D eigenvalue weighted by atomic mass is 9.84. The van der Waals surface area contributed by atoms with Crippen molar-refractivity contribution in [1.82, 2.24) is 15.4 Å². The second-order valence-corrected chi connectivity index (χ2v) is 9.73. The number of aromatic amines is 1. The fourth-order valence-corrected chi connectivity index (χ4v) is 5.25. The van der Waals surface area contributed by atoms with E-state index in [0.29, 0.717) is 16.8 Å². The van der Waals surface area contributed by atoms with Crippen LogP contribution in [-0.4, -0.2) is 26.5 Å². The van der Waals surface area contributed by atoms with Gasteiger partial charge in [-0.1, -0.05) is 133 Å². The average molecular weight is 534 g/mol. The normalized spacial score (nSPS) is 11.6. The fourth-order valence-electron chi connectivity index (χ4n) is 5.25. The quantitative estimate of drug-likeness (QED) is 0.155. The third kappa shape index (κ3) is 5.47. The molecule has 0 amide bonds. The van der Waals surface area contributed by atoms with Crippen LogP contribution >= 0.6 is 0 Å². The van der Waals surface area contributed by atoms with Crippen molar-refractivity contribution >= 4 is 17.1 Å². The standard InChI is InChI=1S/C36H27N3O2/c40-36(41)34(29-21-19-26(20-22-29)23-25-11-4-1-5-12-25)35(32-24-37-39-38-32)31-18-10-17-30(27-13-6-2-7-14-27)33(31)28-15-8-3-9-16-28/h1-22,24H,23H2,(H,40,41)(H,37,38,39). The Morgan fingerprint density at radius 2 is 1.27 bits per heavy atom. The number of aromatic nitrogens is 3. The minimum Gasteiger partial charge on any atom is -0.478 e. The van der Waals surface area contributed by atoms with Crippen molar-refractivity contribution in [1.29, 1.82) is 0 Å². The number of carboxylic acid groups (broad SMARTS) is 1. The molecule has 5 nitrogen and oxygen atoms in total. The number of aliphatic carboxylic acids is 1. The van der Waals surface area contributed by atoms with Crippen molar-refractivity contribution in [2.45, 2.75) is 6.42 Å². The number of hydrogen-bond acceptors (Lipinski definition) is 3. The highest BCUT2D eigenvalue weighted by Gasteiger charge is 2.25. The largest absolute Gasteiger partial charge is 0.478 e. The lowest BCUT2D eigenvalue weighted by Gasteiger charge is -2.19. The molecule has 41 heavy (non-hydrogen) atoms. The zero-order chi connectivity index (χ0) is 28.0. The van der Waals surface area contributed by atoms with Crippen molar-refractivity contribution in [3.63, 3.8) is 0 Å². The molecule has 0 fully saturated rings. The van der Waals surface area contributed by atoms with E-state index in [0.717, 1.165) is 39.8 Å². The van der Waals surface area contributed by atoms with Crippen LogP contribution in [0.3, 0.4) is 0 Å². The fraction of sp³-hybridized carbons (Fsp3) is 0.0278. The highest BCUT2D eigenvalue weighted by Crippen LogP contribution is 2.42. The molecule has 2 N–H and O–H groups in total. The first-order chi connectivity index (χ1) is 20.2. The molecule has 198 valence electrons. The topological polar surface area (TPSA) is 78.9 Å². The lowest BCUT2D eigenvalue weighted by Crippen LogP contribution is -2.07. The third-order valence-electron chi connectivity index (χ3n) is 7.11. The molecule has 6 rings (SSSR count). The Balaban J connectivity index is 1.59. The van der Waals surface area contributed by atoms with Crippen molar-refractivity contribution in [2.24, 2.45) is 0 Å². The summed E-state index contributed by atoms with van der Waals surface area (Å²) in [6, 6.07) is 44.1. The molecular formula is C36H27N3O2. The molecule has 0 radical (unpaired) electrons. The van der Waals surface area contributed by atoms with E-state index in [1.54, 1.807) is 6.20 Å². The van der Waals surface area contributed by atoms with Gasteiger partial charge in [-0.05, 0) is 50.9 Å². The van der Waals surface area contributed by atoms with Gasteiger partial charge in [-0.3, -0.25) is 0 Å². The minimum absolute atomic E-state index is 0.160. The first-order valence-corrected chi connectivity index (χ1v) is 13.4. The minimum atomic E-state index is -1.04. The summed E-state index contributed by atoms with van der Waals surface area (Å²) >= 11 is 0. The maximum atomic E-state index is 13.1. The number of rotatable bonds is 8. The van der Waals surface area contributed by atoms with Gasteiger partial charge in [0.15, 0.2) is 0 Å². The molecular weight excluding hydrogens is 506 g/mol. The molecule has 0 unspecified atom stereocenters. The maximum absolute atomic E-state index is 13.1. The van der Waals surface area contributed by atoms with Gasteiger partial charge in [-0.2, -0.15) is 15.4 Å².